The third kappa shape index (κ3) is 2.41. The number of hydrogen-bond donors (Lipinski definition) is 1. The first-order valence-corrected chi connectivity index (χ1v) is 5.95. The maximum Gasteiger partial charge on any atom is 0.160 e. The van der Waals surface area contributed by atoms with Crippen LogP contribution >= 0.6 is 0 Å². The molecule has 0 spiro atoms. The molecule has 1 aliphatic rings. The molecular weight excluding hydrogens is 236 g/mol. The average Bonchev–Trinajstić information content (AvgIpc) is 3.08. The molecule has 1 aliphatic carbocycles. The van der Waals surface area contributed by atoms with Gasteiger partial charge in [-0.05, 0) is 25.0 Å². The third-order valence-electron chi connectivity index (χ3n) is 2.98. The predicted octanol–water partition coefficient (Wildman–Crippen LogP) is 2.40. The van der Waals surface area contributed by atoms with Crippen molar-refractivity contribution in [1.29, 1.82) is 0 Å². The van der Waals surface area contributed by atoms with Crippen molar-refractivity contribution in [3.8, 4) is 5.69 Å². The van der Waals surface area contributed by atoms with Crippen molar-refractivity contribution < 1.29 is 8.78 Å². The summed E-state index contributed by atoms with van der Waals surface area (Å²) in [6.07, 6.45) is 6.02. The van der Waals surface area contributed by atoms with Crippen LogP contribution in [0.3, 0.4) is 0 Å². The molecule has 0 bridgehead atoms. The van der Waals surface area contributed by atoms with E-state index in [1.165, 1.54) is 18.9 Å². The summed E-state index contributed by atoms with van der Waals surface area (Å²) in [6, 6.07) is 4.38. The summed E-state index contributed by atoms with van der Waals surface area (Å²) >= 11 is 0. The van der Waals surface area contributed by atoms with Crippen molar-refractivity contribution in [3.05, 3.63) is 47.8 Å². The first-order valence-electron chi connectivity index (χ1n) is 5.95. The van der Waals surface area contributed by atoms with Gasteiger partial charge in [-0.1, -0.05) is 0 Å². The maximum absolute atomic E-state index is 13.1. The first-order chi connectivity index (χ1) is 8.72. The van der Waals surface area contributed by atoms with E-state index in [9.17, 15) is 8.78 Å². The number of aromatic nitrogens is 2. The quantitative estimate of drug-likeness (QED) is 0.901. The summed E-state index contributed by atoms with van der Waals surface area (Å²) in [6.45, 7) is 0.758. The molecule has 0 amide bonds. The number of hydrogen-bond acceptors (Lipinski definition) is 2. The van der Waals surface area contributed by atoms with Gasteiger partial charge in [-0.15, -0.1) is 0 Å². The van der Waals surface area contributed by atoms with Crippen LogP contribution in [0, 0.1) is 11.6 Å². The van der Waals surface area contributed by atoms with Crippen molar-refractivity contribution in [2.24, 2.45) is 0 Å². The Morgan fingerprint density at radius 3 is 2.83 bits per heavy atom. The lowest BCUT2D eigenvalue weighted by molar-refractivity contribution is 0.507. The molecule has 1 fully saturated rings. The molecule has 5 heteroatoms. The molecule has 0 unspecified atom stereocenters. The Morgan fingerprint density at radius 1 is 1.28 bits per heavy atom. The number of benzene rings is 1. The number of nitrogens with one attached hydrogen (secondary N) is 1. The van der Waals surface area contributed by atoms with E-state index >= 15 is 0 Å². The van der Waals surface area contributed by atoms with E-state index in [4.69, 9.17) is 0 Å². The fourth-order valence-electron chi connectivity index (χ4n) is 1.77. The van der Waals surface area contributed by atoms with E-state index in [1.807, 2.05) is 6.20 Å². The second-order valence-electron chi connectivity index (χ2n) is 4.55. The van der Waals surface area contributed by atoms with Crippen LogP contribution in [0.4, 0.5) is 8.78 Å². The van der Waals surface area contributed by atoms with Crippen LogP contribution in [-0.2, 0) is 6.54 Å². The second kappa shape index (κ2) is 4.49. The van der Waals surface area contributed by atoms with Gasteiger partial charge in [0.15, 0.2) is 11.6 Å². The molecule has 0 aliphatic heterocycles. The monoisotopic (exact) mass is 249 g/mol. The number of rotatable bonds is 4. The molecule has 0 saturated heterocycles. The Kier molecular flexibility index (Phi) is 2.83. The van der Waals surface area contributed by atoms with E-state index in [-0.39, 0.29) is 0 Å². The highest BCUT2D eigenvalue weighted by molar-refractivity contribution is 5.32. The smallest absolute Gasteiger partial charge is 0.160 e. The van der Waals surface area contributed by atoms with Gasteiger partial charge < -0.3 is 5.32 Å². The summed E-state index contributed by atoms with van der Waals surface area (Å²) in [4.78, 5) is 0. The Labute approximate surface area is 103 Å². The van der Waals surface area contributed by atoms with Gasteiger partial charge in [0, 0.05) is 30.4 Å². The van der Waals surface area contributed by atoms with Crippen LogP contribution in [0.5, 0.6) is 0 Å². The highest BCUT2D eigenvalue weighted by Gasteiger charge is 2.20. The fourth-order valence-corrected chi connectivity index (χ4v) is 1.77. The van der Waals surface area contributed by atoms with Crippen molar-refractivity contribution in [1.82, 2.24) is 15.1 Å². The molecule has 18 heavy (non-hydrogen) atoms. The molecule has 2 aromatic rings. The summed E-state index contributed by atoms with van der Waals surface area (Å²) < 4.78 is 27.5. The molecule has 3 rings (SSSR count). The zero-order chi connectivity index (χ0) is 12.5. The fraction of sp³-hybridized carbons (Fsp3) is 0.308. The lowest BCUT2D eigenvalue weighted by Crippen LogP contribution is -2.14. The van der Waals surface area contributed by atoms with Crippen LogP contribution in [0.2, 0.25) is 0 Å². The largest absolute Gasteiger partial charge is 0.310 e. The molecule has 1 saturated carbocycles. The molecule has 1 N–H and O–H groups in total. The van der Waals surface area contributed by atoms with Crippen molar-refractivity contribution in [3.63, 3.8) is 0 Å². The molecule has 94 valence electrons. The summed E-state index contributed by atoms with van der Waals surface area (Å²) in [7, 11) is 0. The van der Waals surface area contributed by atoms with E-state index in [0.29, 0.717) is 11.7 Å². The predicted molar refractivity (Wildman–Crippen MR) is 63.3 cm³/mol. The van der Waals surface area contributed by atoms with Crippen LogP contribution in [0.1, 0.15) is 18.4 Å². The highest BCUT2D eigenvalue weighted by atomic mass is 19.2. The van der Waals surface area contributed by atoms with Gasteiger partial charge in [-0.3, -0.25) is 0 Å². The topological polar surface area (TPSA) is 29.9 Å². The van der Waals surface area contributed by atoms with Gasteiger partial charge in [0.2, 0.25) is 0 Å². The Hall–Kier alpha value is -1.75. The van der Waals surface area contributed by atoms with Crippen LogP contribution in [-0.4, -0.2) is 15.8 Å². The molecule has 0 radical (unpaired) electrons. The van der Waals surface area contributed by atoms with Crippen molar-refractivity contribution in [2.45, 2.75) is 25.4 Å². The van der Waals surface area contributed by atoms with Gasteiger partial charge in [0.25, 0.3) is 0 Å². The average molecular weight is 249 g/mol. The normalized spacial score (nSPS) is 15.0. The van der Waals surface area contributed by atoms with E-state index in [2.05, 4.69) is 10.4 Å². The zero-order valence-corrected chi connectivity index (χ0v) is 9.74. The Bertz CT molecular complexity index is 561. The van der Waals surface area contributed by atoms with Gasteiger partial charge >= 0.3 is 0 Å². The minimum atomic E-state index is -0.861. The summed E-state index contributed by atoms with van der Waals surface area (Å²) in [5, 5.41) is 7.51. The molecule has 0 atom stereocenters. The first kappa shape index (κ1) is 11.3. The molecule has 1 aromatic carbocycles. The summed E-state index contributed by atoms with van der Waals surface area (Å²) in [5.74, 6) is -1.71. The minimum absolute atomic E-state index is 0.520. The van der Waals surface area contributed by atoms with Crippen molar-refractivity contribution in [2.75, 3.05) is 0 Å². The lowest BCUT2D eigenvalue weighted by atomic mass is 10.3. The minimum Gasteiger partial charge on any atom is -0.310 e. The SMILES string of the molecule is Fc1ccc(-n2cc(CNC3CC3)cn2)cc1F. The third-order valence-corrected chi connectivity index (χ3v) is 2.98. The van der Waals surface area contributed by atoms with Crippen LogP contribution in [0.25, 0.3) is 5.69 Å². The van der Waals surface area contributed by atoms with E-state index in [1.54, 1.807) is 10.9 Å². The number of halogens is 2. The molecule has 3 nitrogen and oxygen atoms in total. The van der Waals surface area contributed by atoms with E-state index < -0.39 is 11.6 Å². The highest BCUT2D eigenvalue weighted by Crippen LogP contribution is 2.19. The Morgan fingerprint density at radius 2 is 2.11 bits per heavy atom. The van der Waals surface area contributed by atoms with E-state index in [0.717, 1.165) is 24.2 Å². The van der Waals surface area contributed by atoms with Gasteiger partial charge in [-0.2, -0.15) is 5.10 Å². The van der Waals surface area contributed by atoms with Gasteiger partial charge in [0.1, 0.15) is 0 Å². The molecule has 1 aromatic heterocycles. The molecular formula is C13H13F2N3. The van der Waals surface area contributed by atoms with Crippen LogP contribution in [0.15, 0.2) is 30.6 Å². The standard InChI is InChI=1S/C13H13F2N3/c14-12-4-3-11(5-13(12)15)18-8-9(7-17-18)6-16-10-1-2-10/h3-5,7-8,10,16H,1-2,6H2. The summed E-state index contributed by atoms with van der Waals surface area (Å²) in [5.41, 5.74) is 1.55. The van der Waals surface area contributed by atoms with Crippen LogP contribution < -0.4 is 5.32 Å². The second-order valence-corrected chi connectivity index (χ2v) is 4.55. The Balaban J connectivity index is 1.76. The number of nitrogens with zero attached hydrogens (tertiary/aromatic N) is 2. The maximum atomic E-state index is 13.1. The lowest BCUT2D eigenvalue weighted by Gasteiger charge is -2.01. The van der Waals surface area contributed by atoms with Gasteiger partial charge in [0.05, 0.1) is 11.9 Å². The molecule has 1 heterocycles. The van der Waals surface area contributed by atoms with Gasteiger partial charge in [-0.25, -0.2) is 13.5 Å². The zero-order valence-electron chi connectivity index (χ0n) is 9.74. The van der Waals surface area contributed by atoms with Crippen molar-refractivity contribution >= 4 is 0 Å².